The van der Waals surface area contributed by atoms with E-state index in [1.165, 1.54) is 0 Å². The van der Waals surface area contributed by atoms with Crippen LogP contribution in [-0.2, 0) is 14.9 Å². The van der Waals surface area contributed by atoms with E-state index in [4.69, 9.17) is 4.55 Å². The first-order chi connectivity index (χ1) is 8.22. The van der Waals surface area contributed by atoms with Crippen molar-refractivity contribution in [3.63, 3.8) is 0 Å². The summed E-state index contributed by atoms with van der Waals surface area (Å²) in [6.07, 6.45) is 2.94. The number of alkyl halides is 2. The van der Waals surface area contributed by atoms with E-state index in [2.05, 4.69) is 10.1 Å². The maximum atomic E-state index is 12.7. The number of carbonyl (C=O) groups is 1. The molecule has 1 aliphatic carbocycles. The van der Waals surface area contributed by atoms with Crippen LogP contribution in [0, 0.1) is 5.92 Å². The molecule has 9 heteroatoms. The van der Waals surface area contributed by atoms with Crippen LogP contribution in [0.5, 0.6) is 0 Å². The van der Waals surface area contributed by atoms with Gasteiger partial charge in [-0.15, -0.1) is 0 Å². The molecule has 0 atom stereocenters. The Hall–Kier alpha value is -0.960. The molecule has 1 fully saturated rings. The quantitative estimate of drug-likeness (QED) is 0.745. The number of amides is 1. The van der Waals surface area contributed by atoms with Crippen LogP contribution in [0.25, 0.3) is 0 Å². The van der Waals surface area contributed by atoms with Gasteiger partial charge in [-0.25, -0.2) is 4.79 Å². The number of ether oxygens (including phenoxy) is 1. The zero-order chi connectivity index (χ0) is 13.8. The molecule has 1 amide bonds. The Morgan fingerprint density at radius 3 is 2.44 bits per heavy atom. The zero-order valence-electron chi connectivity index (χ0n) is 9.56. The Kier molecular flexibility index (Phi) is 4.85. The monoisotopic (exact) mass is 287 g/mol. The molecule has 0 aliphatic heterocycles. The van der Waals surface area contributed by atoms with Crippen LogP contribution in [-0.4, -0.2) is 37.5 Å². The molecule has 0 aromatic carbocycles. The summed E-state index contributed by atoms with van der Waals surface area (Å²) in [5, 5.41) is -2.21. The van der Waals surface area contributed by atoms with Crippen molar-refractivity contribution in [2.24, 2.45) is 5.92 Å². The molecule has 18 heavy (non-hydrogen) atoms. The Morgan fingerprint density at radius 2 is 1.94 bits per heavy atom. The van der Waals surface area contributed by atoms with Crippen molar-refractivity contribution < 1.29 is 31.3 Å². The summed E-state index contributed by atoms with van der Waals surface area (Å²) in [5.41, 5.74) is 0. The van der Waals surface area contributed by atoms with Gasteiger partial charge in [0.05, 0.1) is 0 Å². The van der Waals surface area contributed by atoms with Crippen molar-refractivity contribution >= 4 is 16.2 Å². The molecule has 0 heterocycles. The first-order valence-corrected chi connectivity index (χ1v) is 6.92. The normalized spacial score (nSPS) is 17.7. The van der Waals surface area contributed by atoms with Crippen LogP contribution in [0.4, 0.5) is 13.6 Å². The second kappa shape index (κ2) is 5.79. The molecule has 0 aromatic rings. The van der Waals surface area contributed by atoms with Crippen molar-refractivity contribution in [2.75, 3.05) is 13.2 Å². The van der Waals surface area contributed by atoms with Gasteiger partial charge >= 0.3 is 21.5 Å². The highest BCUT2D eigenvalue weighted by Crippen LogP contribution is 2.24. The van der Waals surface area contributed by atoms with Crippen LogP contribution in [0.2, 0.25) is 0 Å². The van der Waals surface area contributed by atoms with Crippen molar-refractivity contribution in [1.82, 2.24) is 5.32 Å². The minimum atomic E-state index is -5.57. The topological polar surface area (TPSA) is 92.7 Å². The smallest absolute Gasteiger partial charge is 0.407 e. The molecule has 2 N–H and O–H groups in total. The van der Waals surface area contributed by atoms with Crippen molar-refractivity contribution in [3.8, 4) is 0 Å². The number of halogens is 2. The molecule has 0 aromatic heterocycles. The predicted octanol–water partition coefficient (Wildman–Crippen LogP) is 1.38. The first kappa shape index (κ1) is 15.1. The number of alkyl carbamates (subject to hydrolysis) is 1. The summed E-state index contributed by atoms with van der Waals surface area (Å²) in [6.45, 7) is -1.39. The maximum Gasteiger partial charge on any atom is 0.407 e. The lowest BCUT2D eigenvalue weighted by atomic mass is 10.1. The average molecular weight is 287 g/mol. The second-order valence-corrected chi connectivity index (χ2v) is 5.77. The highest BCUT2D eigenvalue weighted by molar-refractivity contribution is 7.86. The van der Waals surface area contributed by atoms with E-state index in [1.807, 2.05) is 0 Å². The van der Waals surface area contributed by atoms with Crippen molar-refractivity contribution in [3.05, 3.63) is 0 Å². The van der Waals surface area contributed by atoms with Gasteiger partial charge < -0.3 is 10.1 Å². The lowest BCUT2D eigenvalue weighted by Gasteiger charge is -2.14. The first-order valence-electron chi connectivity index (χ1n) is 5.48. The molecule has 0 saturated heterocycles. The van der Waals surface area contributed by atoms with Gasteiger partial charge in [-0.2, -0.15) is 17.2 Å². The van der Waals surface area contributed by atoms with Gasteiger partial charge in [0.25, 0.3) is 0 Å². The third-order valence-corrected chi connectivity index (χ3v) is 3.63. The van der Waals surface area contributed by atoms with E-state index in [1.54, 1.807) is 0 Å². The standard InChI is InChI=1S/C9H15F2NO5S/c10-9(11,18(14,15)16)6-17-8(13)12-5-7-3-1-2-4-7/h7H,1-6H2,(H,12,13)(H,14,15,16). The van der Waals surface area contributed by atoms with Gasteiger partial charge in [0.15, 0.2) is 6.61 Å². The molecular weight excluding hydrogens is 272 g/mol. The van der Waals surface area contributed by atoms with Crippen molar-refractivity contribution in [1.29, 1.82) is 0 Å². The van der Waals surface area contributed by atoms with Gasteiger partial charge in [-0.1, -0.05) is 12.8 Å². The van der Waals surface area contributed by atoms with E-state index >= 15 is 0 Å². The highest BCUT2D eigenvalue weighted by atomic mass is 32.2. The molecule has 1 aliphatic rings. The fourth-order valence-corrected chi connectivity index (χ4v) is 1.93. The van der Waals surface area contributed by atoms with Gasteiger partial charge in [-0.3, -0.25) is 4.55 Å². The van der Waals surface area contributed by atoms with Crippen LogP contribution in [0.3, 0.4) is 0 Å². The molecule has 106 valence electrons. The van der Waals surface area contributed by atoms with Gasteiger partial charge in [0, 0.05) is 6.54 Å². The molecule has 0 spiro atoms. The Morgan fingerprint density at radius 1 is 1.39 bits per heavy atom. The van der Waals surface area contributed by atoms with E-state index in [0.717, 1.165) is 25.7 Å². The SMILES string of the molecule is O=C(NCC1CCCC1)OCC(F)(F)S(=O)(=O)O. The van der Waals surface area contributed by atoms with E-state index < -0.39 is 28.1 Å². The lowest BCUT2D eigenvalue weighted by molar-refractivity contribution is 0.00719. The summed E-state index contributed by atoms with van der Waals surface area (Å²) in [4.78, 5) is 11.0. The number of hydrogen-bond acceptors (Lipinski definition) is 4. The number of hydrogen-bond donors (Lipinski definition) is 2. The highest BCUT2D eigenvalue weighted by Gasteiger charge is 2.45. The molecule has 0 radical (unpaired) electrons. The number of nitrogens with one attached hydrogen (secondary N) is 1. The summed E-state index contributed by atoms with van der Waals surface area (Å²) < 4.78 is 58.1. The molecular formula is C9H15F2NO5S. The average Bonchev–Trinajstić information content (AvgIpc) is 2.74. The van der Waals surface area contributed by atoms with Crippen LogP contribution in [0.15, 0.2) is 0 Å². The lowest BCUT2D eigenvalue weighted by Crippen LogP contribution is -2.37. The Bertz CT molecular complexity index is 392. The summed E-state index contributed by atoms with van der Waals surface area (Å²) >= 11 is 0. The summed E-state index contributed by atoms with van der Waals surface area (Å²) in [6, 6.07) is 0. The predicted molar refractivity (Wildman–Crippen MR) is 57.8 cm³/mol. The van der Waals surface area contributed by atoms with Gasteiger partial charge in [0.2, 0.25) is 0 Å². The van der Waals surface area contributed by atoms with E-state index in [0.29, 0.717) is 12.5 Å². The fraction of sp³-hybridized carbons (Fsp3) is 0.889. The van der Waals surface area contributed by atoms with Crippen LogP contribution < -0.4 is 5.32 Å². The van der Waals surface area contributed by atoms with Gasteiger partial charge in [0.1, 0.15) is 0 Å². The second-order valence-electron chi connectivity index (χ2n) is 4.22. The Balaban J connectivity index is 2.28. The maximum absolute atomic E-state index is 12.7. The molecule has 0 unspecified atom stereocenters. The van der Waals surface area contributed by atoms with E-state index in [9.17, 15) is 22.0 Å². The summed E-state index contributed by atoms with van der Waals surface area (Å²) in [7, 11) is -5.57. The third kappa shape index (κ3) is 4.37. The Labute approximate surface area is 103 Å². The molecule has 1 rings (SSSR count). The number of carbonyl (C=O) groups excluding carboxylic acids is 1. The minimum Gasteiger partial charge on any atom is -0.442 e. The number of rotatable bonds is 5. The molecule has 6 nitrogen and oxygen atoms in total. The third-order valence-electron chi connectivity index (χ3n) is 2.76. The van der Waals surface area contributed by atoms with E-state index in [-0.39, 0.29) is 0 Å². The molecule has 1 saturated carbocycles. The van der Waals surface area contributed by atoms with Crippen LogP contribution in [0.1, 0.15) is 25.7 Å². The van der Waals surface area contributed by atoms with Gasteiger partial charge in [-0.05, 0) is 18.8 Å². The summed E-state index contributed by atoms with van der Waals surface area (Å²) in [5.74, 6) is 0.305. The molecule has 0 bridgehead atoms. The van der Waals surface area contributed by atoms with Crippen LogP contribution >= 0.6 is 0 Å². The minimum absolute atomic E-state index is 0.305. The fourth-order valence-electron chi connectivity index (χ4n) is 1.72. The van der Waals surface area contributed by atoms with Crippen molar-refractivity contribution in [2.45, 2.75) is 30.9 Å². The zero-order valence-corrected chi connectivity index (χ0v) is 10.4. The largest absolute Gasteiger partial charge is 0.442 e.